The minimum absolute atomic E-state index is 0.0226. The van der Waals surface area contributed by atoms with Crippen LogP contribution in [0.1, 0.15) is 23.7 Å². The minimum atomic E-state index is -0.135. The number of ether oxygens (including phenoxy) is 2. The maximum Gasteiger partial charge on any atom is 0.254 e. The number of fused-ring (bicyclic) bond motifs is 1. The van der Waals surface area contributed by atoms with E-state index in [-0.39, 0.29) is 18.6 Å². The SMILES string of the molecule is CC1CCN(C(=O)c2cc(Cl)c3c(c2)OCCO3)C1CO. The lowest BCUT2D eigenvalue weighted by molar-refractivity contribution is 0.0647. The molecule has 6 heteroatoms. The number of carbonyl (C=O) groups excluding carboxylic acids is 1. The fraction of sp³-hybridized carbons (Fsp3) is 0.533. The third kappa shape index (κ3) is 2.56. The molecule has 1 amide bonds. The van der Waals surface area contributed by atoms with Gasteiger partial charge in [-0.2, -0.15) is 0 Å². The molecule has 21 heavy (non-hydrogen) atoms. The highest BCUT2D eigenvalue weighted by atomic mass is 35.5. The Hall–Kier alpha value is -1.46. The van der Waals surface area contributed by atoms with Gasteiger partial charge >= 0.3 is 0 Å². The Kier molecular flexibility index (Phi) is 3.95. The number of carbonyl (C=O) groups is 1. The lowest BCUT2D eigenvalue weighted by atomic mass is 10.0. The second-order valence-electron chi connectivity index (χ2n) is 5.50. The second kappa shape index (κ2) is 5.73. The summed E-state index contributed by atoms with van der Waals surface area (Å²) >= 11 is 6.17. The van der Waals surface area contributed by atoms with Crippen LogP contribution in [-0.4, -0.2) is 48.3 Å². The van der Waals surface area contributed by atoms with Crippen LogP contribution in [-0.2, 0) is 0 Å². The summed E-state index contributed by atoms with van der Waals surface area (Å²) < 4.78 is 11.0. The first-order chi connectivity index (χ1) is 10.1. The van der Waals surface area contributed by atoms with E-state index < -0.39 is 0 Å². The number of rotatable bonds is 2. The van der Waals surface area contributed by atoms with Gasteiger partial charge in [0.25, 0.3) is 5.91 Å². The van der Waals surface area contributed by atoms with Crippen molar-refractivity contribution in [3.63, 3.8) is 0 Å². The van der Waals surface area contributed by atoms with Gasteiger partial charge in [-0.15, -0.1) is 0 Å². The zero-order valence-electron chi connectivity index (χ0n) is 11.8. The summed E-state index contributed by atoms with van der Waals surface area (Å²) in [4.78, 5) is 14.4. The Morgan fingerprint density at radius 1 is 1.43 bits per heavy atom. The molecule has 0 aliphatic carbocycles. The fourth-order valence-corrected chi connectivity index (χ4v) is 3.20. The number of nitrogens with zero attached hydrogens (tertiary/aromatic N) is 1. The van der Waals surface area contributed by atoms with E-state index in [9.17, 15) is 9.90 Å². The van der Waals surface area contributed by atoms with Crippen LogP contribution >= 0.6 is 11.6 Å². The third-order valence-electron chi connectivity index (χ3n) is 4.17. The van der Waals surface area contributed by atoms with Crippen molar-refractivity contribution < 1.29 is 19.4 Å². The summed E-state index contributed by atoms with van der Waals surface area (Å²) in [6.07, 6.45) is 0.898. The first-order valence-corrected chi connectivity index (χ1v) is 7.50. The van der Waals surface area contributed by atoms with Gasteiger partial charge < -0.3 is 19.5 Å². The van der Waals surface area contributed by atoms with Crippen LogP contribution < -0.4 is 9.47 Å². The fourth-order valence-electron chi connectivity index (χ4n) is 2.94. The van der Waals surface area contributed by atoms with Gasteiger partial charge in [0.15, 0.2) is 11.5 Å². The standard InChI is InChI=1S/C15H18ClNO4/c1-9-2-3-17(12(9)8-18)15(19)10-6-11(16)14-13(7-10)20-4-5-21-14/h6-7,9,12,18H,2-5,8H2,1H3. The summed E-state index contributed by atoms with van der Waals surface area (Å²) in [6, 6.07) is 3.14. The zero-order valence-corrected chi connectivity index (χ0v) is 12.6. The van der Waals surface area contributed by atoms with Crippen molar-refractivity contribution in [2.75, 3.05) is 26.4 Å². The van der Waals surface area contributed by atoms with Crippen molar-refractivity contribution in [2.45, 2.75) is 19.4 Å². The summed E-state index contributed by atoms with van der Waals surface area (Å²) in [7, 11) is 0. The average molecular weight is 312 g/mol. The van der Waals surface area contributed by atoms with E-state index in [0.717, 1.165) is 6.42 Å². The Morgan fingerprint density at radius 3 is 2.95 bits per heavy atom. The van der Waals surface area contributed by atoms with Crippen molar-refractivity contribution >= 4 is 17.5 Å². The summed E-state index contributed by atoms with van der Waals surface area (Å²) in [5.41, 5.74) is 0.469. The van der Waals surface area contributed by atoms with E-state index in [4.69, 9.17) is 21.1 Å². The Bertz CT molecular complexity index is 563. The molecule has 1 saturated heterocycles. The van der Waals surface area contributed by atoms with Gasteiger partial charge in [-0.1, -0.05) is 18.5 Å². The van der Waals surface area contributed by atoms with E-state index in [0.29, 0.717) is 47.8 Å². The van der Waals surface area contributed by atoms with Crippen molar-refractivity contribution in [1.82, 2.24) is 4.90 Å². The molecular formula is C15H18ClNO4. The number of benzene rings is 1. The Labute approximate surface area is 128 Å². The molecule has 2 aliphatic rings. The number of halogens is 1. The van der Waals surface area contributed by atoms with Crippen molar-refractivity contribution in [3.8, 4) is 11.5 Å². The van der Waals surface area contributed by atoms with E-state index in [1.54, 1.807) is 17.0 Å². The second-order valence-corrected chi connectivity index (χ2v) is 5.90. The smallest absolute Gasteiger partial charge is 0.254 e. The number of amides is 1. The molecule has 1 fully saturated rings. The highest BCUT2D eigenvalue weighted by molar-refractivity contribution is 6.32. The number of likely N-dealkylation sites (tertiary alicyclic amines) is 1. The van der Waals surface area contributed by atoms with Crippen LogP contribution in [0.4, 0.5) is 0 Å². The maximum atomic E-state index is 12.7. The molecule has 2 heterocycles. The first kappa shape index (κ1) is 14.5. The molecule has 2 unspecified atom stereocenters. The normalized spacial score (nSPS) is 24.2. The van der Waals surface area contributed by atoms with Gasteiger partial charge in [0, 0.05) is 12.1 Å². The maximum absolute atomic E-state index is 12.7. The van der Waals surface area contributed by atoms with Gasteiger partial charge in [-0.3, -0.25) is 4.79 Å². The molecule has 1 aromatic carbocycles. The van der Waals surface area contributed by atoms with Gasteiger partial charge in [0.2, 0.25) is 0 Å². The van der Waals surface area contributed by atoms with Gasteiger partial charge in [-0.05, 0) is 24.5 Å². The average Bonchev–Trinajstić information content (AvgIpc) is 2.87. The van der Waals surface area contributed by atoms with E-state index in [1.165, 1.54) is 0 Å². The van der Waals surface area contributed by atoms with Crippen molar-refractivity contribution in [2.24, 2.45) is 5.92 Å². The molecule has 2 atom stereocenters. The molecule has 114 valence electrons. The van der Waals surface area contributed by atoms with Crippen LogP contribution in [0, 0.1) is 5.92 Å². The van der Waals surface area contributed by atoms with Gasteiger partial charge in [-0.25, -0.2) is 0 Å². The quantitative estimate of drug-likeness (QED) is 0.907. The Morgan fingerprint density at radius 2 is 2.19 bits per heavy atom. The highest BCUT2D eigenvalue weighted by Crippen LogP contribution is 2.39. The molecule has 5 nitrogen and oxygen atoms in total. The molecular weight excluding hydrogens is 294 g/mol. The molecule has 1 aromatic rings. The molecule has 3 rings (SSSR count). The van der Waals surface area contributed by atoms with Crippen LogP contribution in [0.5, 0.6) is 11.5 Å². The predicted molar refractivity (Wildman–Crippen MR) is 78.1 cm³/mol. The molecule has 0 saturated carbocycles. The minimum Gasteiger partial charge on any atom is -0.486 e. The Balaban J connectivity index is 1.90. The largest absolute Gasteiger partial charge is 0.486 e. The van der Waals surface area contributed by atoms with Crippen molar-refractivity contribution in [3.05, 3.63) is 22.7 Å². The molecule has 1 N–H and O–H groups in total. The van der Waals surface area contributed by atoms with Crippen molar-refractivity contribution in [1.29, 1.82) is 0 Å². The van der Waals surface area contributed by atoms with E-state index in [1.807, 2.05) is 6.92 Å². The van der Waals surface area contributed by atoms with Crippen LogP contribution in [0.15, 0.2) is 12.1 Å². The first-order valence-electron chi connectivity index (χ1n) is 7.12. The van der Waals surface area contributed by atoms with Gasteiger partial charge in [0.05, 0.1) is 17.7 Å². The molecule has 0 bridgehead atoms. The van der Waals surface area contributed by atoms with Crippen LogP contribution in [0.2, 0.25) is 5.02 Å². The molecule has 2 aliphatic heterocycles. The molecule has 0 radical (unpaired) electrons. The number of hydrogen-bond donors (Lipinski definition) is 1. The number of aliphatic hydroxyl groups excluding tert-OH is 1. The number of aliphatic hydroxyl groups is 1. The lowest BCUT2D eigenvalue weighted by Gasteiger charge is -2.26. The van der Waals surface area contributed by atoms with Crippen LogP contribution in [0.25, 0.3) is 0 Å². The third-order valence-corrected chi connectivity index (χ3v) is 4.45. The van der Waals surface area contributed by atoms with Crippen LogP contribution in [0.3, 0.4) is 0 Å². The number of hydrogen-bond acceptors (Lipinski definition) is 4. The molecule has 0 aromatic heterocycles. The highest BCUT2D eigenvalue weighted by Gasteiger charge is 2.35. The monoisotopic (exact) mass is 311 g/mol. The zero-order chi connectivity index (χ0) is 15.0. The lowest BCUT2D eigenvalue weighted by Crippen LogP contribution is -2.39. The molecule has 0 spiro atoms. The predicted octanol–water partition coefficient (Wildman–Crippen LogP) is 1.95. The summed E-state index contributed by atoms with van der Waals surface area (Å²) in [5.74, 6) is 1.17. The summed E-state index contributed by atoms with van der Waals surface area (Å²) in [5, 5.41) is 9.86. The topological polar surface area (TPSA) is 59.0 Å². The van der Waals surface area contributed by atoms with Gasteiger partial charge in [0.1, 0.15) is 13.2 Å². The van der Waals surface area contributed by atoms with E-state index in [2.05, 4.69) is 0 Å². The van der Waals surface area contributed by atoms with E-state index >= 15 is 0 Å². The summed E-state index contributed by atoms with van der Waals surface area (Å²) in [6.45, 7) is 3.57.